The van der Waals surface area contributed by atoms with Crippen molar-refractivity contribution in [2.45, 2.75) is 52.7 Å². The average molecular weight is 297 g/mol. The number of nitrogens with zero attached hydrogens (tertiary/aromatic N) is 3. The predicted molar refractivity (Wildman–Crippen MR) is 86.5 cm³/mol. The first-order valence-electron chi connectivity index (χ1n) is 7.88. The lowest BCUT2D eigenvalue weighted by molar-refractivity contribution is -0.130. The summed E-state index contributed by atoms with van der Waals surface area (Å²) in [6.07, 6.45) is 6.07. The van der Waals surface area contributed by atoms with Crippen molar-refractivity contribution in [3.05, 3.63) is 53.1 Å². The average Bonchev–Trinajstić information content (AvgIpc) is 3.21. The molecule has 0 N–H and O–H groups in total. The lowest BCUT2D eigenvalue weighted by Crippen LogP contribution is -2.31. The van der Waals surface area contributed by atoms with E-state index in [1.807, 2.05) is 17.3 Å². The fourth-order valence-electron chi connectivity index (χ4n) is 2.83. The highest BCUT2D eigenvalue weighted by Crippen LogP contribution is 2.28. The molecule has 116 valence electrons. The second kappa shape index (κ2) is 5.95. The summed E-state index contributed by atoms with van der Waals surface area (Å²) in [6, 6.07) is 6.94. The fraction of sp³-hybridized carbons (Fsp3) is 0.444. The number of amides is 1. The third-order valence-corrected chi connectivity index (χ3v) is 4.35. The van der Waals surface area contributed by atoms with E-state index in [-0.39, 0.29) is 5.91 Å². The first-order valence-corrected chi connectivity index (χ1v) is 7.88. The van der Waals surface area contributed by atoms with E-state index in [4.69, 9.17) is 0 Å². The molecule has 3 rings (SSSR count). The molecule has 0 radical (unpaired) electrons. The maximum atomic E-state index is 11.8. The van der Waals surface area contributed by atoms with Gasteiger partial charge in [-0.15, -0.1) is 0 Å². The third-order valence-electron chi connectivity index (χ3n) is 4.35. The molecule has 1 aromatic carbocycles. The molecule has 0 bridgehead atoms. The molecule has 1 amide bonds. The van der Waals surface area contributed by atoms with E-state index >= 15 is 0 Å². The molecule has 0 spiro atoms. The van der Waals surface area contributed by atoms with Crippen LogP contribution in [0.1, 0.15) is 42.3 Å². The number of benzene rings is 1. The van der Waals surface area contributed by atoms with Crippen molar-refractivity contribution < 1.29 is 4.79 Å². The van der Waals surface area contributed by atoms with Gasteiger partial charge >= 0.3 is 0 Å². The molecule has 0 unspecified atom stereocenters. The minimum absolute atomic E-state index is 0.142. The van der Waals surface area contributed by atoms with Crippen LogP contribution in [0.2, 0.25) is 0 Å². The van der Waals surface area contributed by atoms with Crippen molar-refractivity contribution in [1.29, 1.82) is 0 Å². The monoisotopic (exact) mass is 297 g/mol. The topological polar surface area (TPSA) is 38.1 Å². The van der Waals surface area contributed by atoms with Gasteiger partial charge in [-0.2, -0.15) is 0 Å². The molecule has 1 saturated carbocycles. The van der Waals surface area contributed by atoms with E-state index in [0.29, 0.717) is 12.6 Å². The first-order chi connectivity index (χ1) is 10.5. The van der Waals surface area contributed by atoms with Crippen molar-refractivity contribution in [2.24, 2.45) is 0 Å². The minimum atomic E-state index is 0.142. The van der Waals surface area contributed by atoms with Gasteiger partial charge in [-0.25, -0.2) is 4.98 Å². The molecule has 0 saturated heterocycles. The third kappa shape index (κ3) is 3.21. The number of rotatable bonds is 5. The highest BCUT2D eigenvalue weighted by atomic mass is 16.2. The molecule has 4 nitrogen and oxygen atoms in total. The number of imidazole rings is 1. The summed E-state index contributed by atoms with van der Waals surface area (Å²) in [4.78, 5) is 18.2. The maximum Gasteiger partial charge on any atom is 0.220 e. The summed E-state index contributed by atoms with van der Waals surface area (Å²) >= 11 is 0. The minimum Gasteiger partial charge on any atom is -0.332 e. The Morgan fingerprint density at radius 3 is 2.82 bits per heavy atom. The van der Waals surface area contributed by atoms with Crippen LogP contribution in [-0.4, -0.2) is 26.4 Å². The van der Waals surface area contributed by atoms with Crippen LogP contribution in [0.5, 0.6) is 0 Å². The molecular formula is C18H23N3O. The van der Waals surface area contributed by atoms with Crippen molar-refractivity contribution >= 4 is 5.91 Å². The second-order valence-corrected chi connectivity index (χ2v) is 6.28. The normalized spacial score (nSPS) is 14.1. The SMILES string of the molecule is CC(=O)N(Cc1nccn1Cc1cc(C)ccc1C)C1CC1. The zero-order chi connectivity index (χ0) is 15.7. The van der Waals surface area contributed by atoms with Gasteiger partial charge in [-0.1, -0.05) is 23.8 Å². The van der Waals surface area contributed by atoms with Gasteiger partial charge in [0.15, 0.2) is 0 Å². The van der Waals surface area contributed by atoms with E-state index in [1.54, 1.807) is 6.92 Å². The van der Waals surface area contributed by atoms with Gasteiger partial charge in [0.05, 0.1) is 6.54 Å². The zero-order valence-corrected chi connectivity index (χ0v) is 13.5. The smallest absolute Gasteiger partial charge is 0.220 e. The molecule has 4 heteroatoms. The Hall–Kier alpha value is -2.10. The van der Waals surface area contributed by atoms with E-state index in [2.05, 4.69) is 41.6 Å². The molecule has 22 heavy (non-hydrogen) atoms. The Morgan fingerprint density at radius 1 is 1.36 bits per heavy atom. The summed E-state index contributed by atoms with van der Waals surface area (Å²) in [5.41, 5.74) is 3.86. The van der Waals surface area contributed by atoms with E-state index in [0.717, 1.165) is 25.2 Å². The van der Waals surface area contributed by atoms with Gasteiger partial charge in [0.1, 0.15) is 5.82 Å². The molecule has 0 aliphatic heterocycles. The number of carbonyl (C=O) groups is 1. The van der Waals surface area contributed by atoms with Crippen LogP contribution >= 0.6 is 0 Å². The van der Waals surface area contributed by atoms with Crippen molar-refractivity contribution in [2.75, 3.05) is 0 Å². The van der Waals surface area contributed by atoms with E-state index < -0.39 is 0 Å². The van der Waals surface area contributed by atoms with Crippen LogP contribution in [-0.2, 0) is 17.9 Å². The number of hydrogen-bond donors (Lipinski definition) is 0. The van der Waals surface area contributed by atoms with Gasteiger partial charge in [0.25, 0.3) is 0 Å². The van der Waals surface area contributed by atoms with Gasteiger partial charge in [0.2, 0.25) is 5.91 Å². The van der Waals surface area contributed by atoms with Crippen LogP contribution in [0.15, 0.2) is 30.6 Å². The molecule has 0 atom stereocenters. The number of hydrogen-bond acceptors (Lipinski definition) is 2. The number of carbonyl (C=O) groups excluding carboxylic acids is 1. The highest BCUT2D eigenvalue weighted by molar-refractivity contribution is 5.73. The summed E-state index contributed by atoms with van der Waals surface area (Å²) in [7, 11) is 0. The fourth-order valence-corrected chi connectivity index (χ4v) is 2.83. The van der Waals surface area contributed by atoms with E-state index in [9.17, 15) is 4.79 Å². The molecule has 2 aromatic rings. The quantitative estimate of drug-likeness (QED) is 0.850. The van der Waals surface area contributed by atoms with Gasteiger partial charge in [-0.3, -0.25) is 4.79 Å². The Labute approximate surface area is 131 Å². The summed E-state index contributed by atoms with van der Waals surface area (Å²) in [5, 5.41) is 0. The molecular weight excluding hydrogens is 274 g/mol. The van der Waals surface area contributed by atoms with Crippen LogP contribution < -0.4 is 0 Å². The largest absolute Gasteiger partial charge is 0.332 e. The molecule has 1 fully saturated rings. The number of aromatic nitrogens is 2. The second-order valence-electron chi connectivity index (χ2n) is 6.28. The first kappa shape index (κ1) is 14.8. The Balaban J connectivity index is 1.79. The van der Waals surface area contributed by atoms with Gasteiger partial charge < -0.3 is 9.47 Å². The van der Waals surface area contributed by atoms with Crippen LogP contribution in [0.25, 0.3) is 0 Å². The summed E-state index contributed by atoms with van der Waals surface area (Å²) < 4.78 is 2.15. The van der Waals surface area contributed by atoms with Crippen LogP contribution in [0, 0.1) is 13.8 Å². The molecule has 1 aliphatic rings. The van der Waals surface area contributed by atoms with Crippen molar-refractivity contribution in [3.8, 4) is 0 Å². The van der Waals surface area contributed by atoms with Gasteiger partial charge in [0, 0.05) is 31.9 Å². The Morgan fingerprint density at radius 2 is 2.14 bits per heavy atom. The van der Waals surface area contributed by atoms with E-state index in [1.165, 1.54) is 16.7 Å². The van der Waals surface area contributed by atoms with Crippen LogP contribution in [0.4, 0.5) is 0 Å². The number of aryl methyl sites for hydroxylation is 2. The Bertz CT molecular complexity index is 685. The standard InChI is InChI=1S/C18H23N3O/c1-13-4-5-14(2)16(10-13)11-20-9-8-19-18(20)12-21(15(3)22)17-6-7-17/h4-5,8-10,17H,6-7,11-12H2,1-3H3. The van der Waals surface area contributed by atoms with Crippen molar-refractivity contribution in [1.82, 2.24) is 14.5 Å². The maximum absolute atomic E-state index is 11.8. The predicted octanol–water partition coefficient (Wildman–Crippen LogP) is 3.06. The Kier molecular flexibility index (Phi) is 4.01. The lowest BCUT2D eigenvalue weighted by atomic mass is 10.1. The molecule has 1 aromatic heterocycles. The van der Waals surface area contributed by atoms with Crippen LogP contribution in [0.3, 0.4) is 0 Å². The van der Waals surface area contributed by atoms with Gasteiger partial charge in [-0.05, 0) is 37.8 Å². The highest BCUT2D eigenvalue weighted by Gasteiger charge is 2.31. The summed E-state index contributed by atoms with van der Waals surface area (Å²) in [5.74, 6) is 1.10. The zero-order valence-electron chi connectivity index (χ0n) is 13.5. The van der Waals surface area contributed by atoms with Crippen molar-refractivity contribution in [3.63, 3.8) is 0 Å². The molecule has 1 heterocycles. The molecule has 1 aliphatic carbocycles. The summed E-state index contributed by atoms with van der Waals surface area (Å²) in [6.45, 7) is 7.31. The lowest BCUT2D eigenvalue weighted by Gasteiger charge is -2.21.